The van der Waals surface area contributed by atoms with E-state index in [1.807, 2.05) is 0 Å². The maximum Gasteiger partial charge on any atom is 0.513 e. The molecule has 0 N–H and O–H groups in total. The van der Waals surface area contributed by atoms with Crippen molar-refractivity contribution in [2.24, 2.45) is 0 Å². The van der Waals surface area contributed by atoms with Crippen LogP contribution in [0.15, 0.2) is 92.0 Å². The van der Waals surface area contributed by atoms with Gasteiger partial charge in [-0.25, -0.2) is 24.0 Å². The molecule has 0 bridgehead atoms. The van der Waals surface area contributed by atoms with E-state index in [2.05, 4.69) is 13.2 Å². The Labute approximate surface area is 307 Å². The number of ether oxygens (including phenoxy) is 7. The smallest absolute Gasteiger partial charge is 0.463 e. The van der Waals surface area contributed by atoms with Crippen LogP contribution < -0.4 is 19.1 Å². The molecule has 53 heavy (non-hydrogen) atoms. The monoisotopic (exact) mass is 734 g/mol. The largest absolute Gasteiger partial charge is 0.513 e. The molecule has 0 unspecified atom stereocenters. The molecule has 0 fully saturated rings. The molecule has 0 aliphatic rings. The third-order valence-corrected chi connectivity index (χ3v) is 6.98. The first kappa shape index (κ1) is 41.3. The number of esters is 3. The van der Waals surface area contributed by atoms with Crippen molar-refractivity contribution in [2.45, 2.75) is 52.1 Å². The molecular weight excluding hydrogens is 692 g/mol. The quantitative estimate of drug-likeness (QED) is 0.0145. The summed E-state index contributed by atoms with van der Waals surface area (Å²) in [5, 5.41) is 0. The first-order valence-corrected chi connectivity index (χ1v) is 16.8. The standard InChI is InChI=1S/C39H42O14/c1-4-35(40)45-22-8-6-7-9-24-47-38(43)50-31-16-12-29(13-17-31)27-49-53-33-20-21-34(28(3)26-33)52-37(42)30-14-18-32(19-15-30)51-39(44)48-25-11-10-23-46-36(41)5-2/h4-5,12-21,26H,1-2,6-11,22-25,27H2,3H3. The molecule has 0 saturated carbocycles. The summed E-state index contributed by atoms with van der Waals surface area (Å²) in [6.07, 6.45) is 4.48. The number of unbranched alkanes of at least 4 members (excludes halogenated alkanes) is 4. The van der Waals surface area contributed by atoms with Crippen molar-refractivity contribution >= 4 is 30.2 Å². The van der Waals surface area contributed by atoms with Gasteiger partial charge in [0.2, 0.25) is 0 Å². The molecule has 14 heteroatoms. The molecule has 0 aromatic heterocycles. The Morgan fingerprint density at radius 2 is 1.04 bits per heavy atom. The van der Waals surface area contributed by atoms with E-state index >= 15 is 0 Å². The topological polar surface area (TPSA) is 168 Å². The summed E-state index contributed by atoms with van der Waals surface area (Å²) in [4.78, 5) is 69.3. The van der Waals surface area contributed by atoms with Gasteiger partial charge in [0.15, 0.2) is 5.75 Å². The normalized spacial score (nSPS) is 10.3. The zero-order chi connectivity index (χ0) is 38.3. The van der Waals surface area contributed by atoms with E-state index in [-0.39, 0.29) is 37.7 Å². The number of rotatable bonds is 22. The van der Waals surface area contributed by atoms with Crippen LogP contribution in [0.1, 0.15) is 60.0 Å². The van der Waals surface area contributed by atoms with Gasteiger partial charge in [0, 0.05) is 12.2 Å². The van der Waals surface area contributed by atoms with Crippen LogP contribution in [0.2, 0.25) is 0 Å². The minimum absolute atomic E-state index is 0.0826. The maximum atomic E-state index is 12.7. The van der Waals surface area contributed by atoms with Crippen LogP contribution in [0.3, 0.4) is 0 Å². The predicted octanol–water partition coefficient (Wildman–Crippen LogP) is 7.55. The van der Waals surface area contributed by atoms with Gasteiger partial charge in [-0.2, -0.15) is 4.89 Å². The fourth-order valence-electron chi connectivity index (χ4n) is 4.21. The highest BCUT2D eigenvalue weighted by molar-refractivity contribution is 5.91. The van der Waals surface area contributed by atoms with Crippen LogP contribution >= 0.6 is 0 Å². The summed E-state index contributed by atoms with van der Waals surface area (Å²) >= 11 is 0. The van der Waals surface area contributed by atoms with Crippen molar-refractivity contribution in [1.29, 1.82) is 0 Å². The number of carbonyl (C=O) groups is 5. The number of hydrogen-bond acceptors (Lipinski definition) is 14. The van der Waals surface area contributed by atoms with Crippen molar-refractivity contribution in [3.05, 3.63) is 109 Å². The van der Waals surface area contributed by atoms with Gasteiger partial charge in [0.25, 0.3) is 0 Å². The van der Waals surface area contributed by atoms with Gasteiger partial charge in [-0.15, -0.1) is 0 Å². The first-order chi connectivity index (χ1) is 25.7. The highest BCUT2D eigenvalue weighted by Crippen LogP contribution is 2.25. The lowest BCUT2D eigenvalue weighted by molar-refractivity contribution is -0.217. The van der Waals surface area contributed by atoms with E-state index in [0.29, 0.717) is 48.7 Å². The van der Waals surface area contributed by atoms with Crippen LogP contribution in [0.5, 0.6) is 23.0 Å². The summed E-state index contributed by atoms with van der Waals surface area (Å²) < 4.78 is 35.6. The molecule has 0 spiro atoms. The zero-order valence-corrected chi connectivity index (χ0v) is 29.4. The average molecular weight is 735 g/mol. The van der Waals surface area contributed by atoms with Crippen molar-refractivity contribution < 1.29 is 66.9 Å². The van der Waals surface area contributed by atoms with Gasteiger partial charge in [-0.1, -0.05) is 25.3 Å². The predicted molar refractivity (Wildman–Crippen MR) is 188 cm³/mol. The lowest BCUT2D eigenvalue weighted by Crippen LogP contribution is -2.13. The molecular formula is C39H42O14. The maximum absolute atomic E-state index is 12.7. The number of hydrogen-bond donors (Lipinski definition) is 0. The third kappa shape index (κ3) is 16.6. The van der Waals surface area contributed by atoms with Gasteiger partial charge in [0.05, 0.1) is 32.0 Å². The van der Waals surface area contributed by atoms with Crippen LogP contribution in [0, 0.1) is 6.92 Å². The molecule has 282 valence electrons. The van der Waals surface area contributed by atoms with E-state index in [4.69, 9.17) is 42.9 Å². The average Bonchev–Trinajstić information content (AvgIpc) is 3.15. The van der Waals surface area contributed by atoms with Crippen molar-refractivity contribution in [3.63, 3.8) is 0 Å². The molecule has 3 rings (SSSR count). The van der Waals surface area contributed by atoms with E-state index in [9.17, 15) is 24.0 Å². The van der Waals surface area contributed by atoms with Gasteiger partial charge in [-0.3, -0.25) is 0 Å². The van der Waals surface area contributed by atoms with Crippen LogP contribution in [-0.4, -0.2) is 56.6 Å². The van der Waals surface area contributed by atoms with Gasteiger partial charge < -0.3 is 38.0 Å². The fourth-order valence-corrected chi connectivity index (χ4v) is 4.21. The molecule has 0 saturated heterocycles. The number of benzene rings is 3. The summed E-state index contributed by atoms with van der Waals surface area (Å²) in [5.74, 6) is -0.406. The van der Waals surface area contributed by atoms with Gasteiger partial charge in [-0.05, 0) is 111 Å². The second kappa shape index (κ2) is 23.3. The van der Waals surface area contributed by atoms with E-state index in [1.54, 1.807) is 49.4 Å². The summed E-state index contributed by atoms with van der Waals surface area (Å²) in [6, 6.07) is 17.2. The van der Waals surface area contributed by atoms with Crippen molar-refractivity contribution in [3.8, 4) is 23.0 Å². The highest BCUT2D eigenvalue weighted by atomic mass is 17.2. The lowest BCUT2D eigenvalue weighted by atomic mass is 10.2. The SMILES string of the molecule is C=CC(=O)OCCCCCCOC(=O)Oc1ccc(COOc2ccc(OC(=O)c3ccc(OC(=O)OCCCCOC(=O)C=C)cc3)c(C)c2)cc1. The second-order valence-electron chi connectivity index (χ2n) is 11.1. The van der Waals surface area contributed by atoms with E-state index < -0.39 is 30.2 Å². The second-order valence-corrected chi connectivity index (χ2v) is 11.1. The third-order valence-electron chi connectivity index (χ3n) is 6.98. The molecule has 3 aromatic rings. The Balaban J connectivity index is 1.31. The summed E-state index contributed by atoms with van der Waals surface area (Å²) in [5.41, 5.74) is 1.59. The molecule has 0 heterocycles. The van der Waals surface area contributed by atoms with Crippen LogP contribution in [-0.2, 0) is 40.0 Å². The molecule has 0 atom stereocenters. The fraction of sp³-hybridized carbons (Fsp3) is 0.308. The van der Waals surface area contributed by atoms with Crippen LogP contribution in [0.4, 0.5) is 9.59 Å². The molecule has 14 nitrogen and oxygen atoms in total. The minimum Gasteiger partial charge on any atom is -0.463 e. The van der Waals surface area contributed by atoms with E-state index in [1.165, 1.54) is 24.3 Å². The summed E-state index contributed by atoms with van der Waals surface area (Å²) in [6.45, 7) is 9.29. The molecule has 0 aliphatic heterocycles. The first-order valence-electron chi connectivity index (χ1n) is 16.8. The molecule has 3 aromatic carbocycles. The Hall–Kier alpha value is -6.15. The Bertz CT molecular complexity index is 1660. The van der Waals surface area contributed by atoms with Crippen molar-refractivity contribution in [2.75, 3.05) is 26.4 Å². The molecule has 0 aliphatic carbocycles. The van der Waals surface area contributed by atoms with Crippen LogP contribution in [0.25, 0.3) is 0 Å². The Morgan fingerprint density at radius 3 is 1.55 bits per heavy atom. The Kier molecular flexibility index (Phi) is 18.2. The zero-order valence-electron chi connectivity index (χ0n) is 29.4. The molecule has 0 amide bonds. The number of carbonyl (C=O) groups excluding carboxylic acids is 5. The van der Waals surface area contributed by atoms with Crippen molar-refractivity contribution in [1.82, 2.24) is 0 Å². The summed E-state index contributed by atoms with van der Waals surface area (Å²) in [7, 11) is 0. The molecule has 0 radical (unpaired) electrons. The van der Waals surface area contributed by atoms with Gasteiger partial charge in [0.1, 0.15) is 23.9 Å². The number of aryl methyl sites for hydroxylation is 1. The van der Waals surface area contributed by atoms with E-state index in [0.717, 1.165) is 37.0 Å². The highest BCUT2D eigenvalue weighted by Gasteiger charge is 2.13. The van der Waals surface area contributed by atoms with Gasteiger partial charge >= 0.3 is 30.2 Å². The Morgan fingerprint density at radius 1 is 0.566 bits per heavy atom. The minimum atomic E-state index is -0.907. The lowest BCUT2D eigenvalue weighted by Gasteiger charge is -2.11.